The van der Waals surface area contributed by atoms with Crippen molar-refractivity contribution in [3.63, 3.8) is 0 Å². The van der Waals surface area contributed by atoms with Gasteiger partial charge in [-0.25, -0.2) is 0 Å². The van der Waals surface area contributed by atoms with Crippen LogP contribution in [0.5, 0.6) is 0 Å². The lowest BCUT2D eigenvalue weighted by Gasteiger charge is -2.02. The lowest BCUT2D eigenvalue weighted by molar-refractivity contribution is 0.811. The summed E-state index contributed by atoms with van der Waals surface area (Å²) in [6, 6.07) is 8.60. The first-order valence-electron chi connectivity index (χ1n) is 5.71. The molecule has 16 heavy (non-hydrogen) atoms. The van der Waals surface area contributed by atoms with Crippen LogP contribution in [0, 0.1) is 13.8 Å². The first-order valence-corrected chi connectivity index (χ1v) is 5.71. The number of aromatic amines is 1. The lowest BCUT2D eigenvalue weighted by Crippen LogP contribution is -1.85. The SMILES string of the molecule is Cc1ccc(-c2cc(C(C)C)[nH]n2)cc1C. The molecule has 0 saturated heterocycles. The average molecular weight is 214 g/mol. The number of hydrogen-bond acceptors (Lipinski definition) is 1. The van der Waals surface area contributed by atoms with Gasteiger partial charge >= 0.3 is 0 Å². The van der Waals surface area contributed by atoms with Crippen LogP contribution in [-0.4, -0.2) is 10.2 Å². The summed E-state index contributed by atoms with van der Waals surface area (Å²) in [7, 11) is 0. The van der Waals surface area contributed by atoms with E-state index in [2.05, 4.69) is 62.2 Å². The summed E-state index contributed by atoms with van der Waals surface area (Å²) in [6.45, 7) is 8.59. The van der Waals surface area contributed by atoms with Gasteiger partial charge in [-0.1, -0.05) is 26.0 Å². The predicted molar refractivity (Wildman–Crippen MR) is 67.6 cm³/mol. The Balaban J connectivity index is 2.39. The van der Waals surface area contributed by atoms with Crippen molar-refractivity contribution in [1.29, 1.82) is 0 Å². The second kappa shape index (κ2) is 4.12. The molecule has 1 N–H and O–H groups in total. The molecular formula is C14H18N2. The monoisotopic (exact) mass is 214 g/mol. The van der Waals surface area contributed by atoms with Crippen LogP contribution in [0.3, 0.4) is 0 Å². The summed E-state index contributed by atoms with van der Waals surface area (Å²) in [4.78, 5) is 0. The van der Waals surface area contributed by atoms with E-state index in [9.17, 15) is 0 Å². The molecular weight excluding hydrogens is 196 g/mol. The number of aryl methyl sites for hydroxylation is 2. The van der Waals surface area contributed by atoms with Crippen molar-refractivity contribution < 1.29 is 0 Å². The van der Waals surface area contributed by atoms with E-state index in [0.29, 0.717) is 5.92 Å². The highest BCUT2D eigenvalue weighted by molar-refractivity contribution is 5.61. The van der Waals surface area contributed by atoms with E-state index in [1.807, 2.05) is 0 Å². The zero-order chi connectivity index (χ0) is 11.7. The quantitative estimate of drug-likeness (QED) is 0.809. The Morgan fingerprint density at radius 2 is 1.81 bits per heavy atom. The van der Waals surface area contributed by atoms with Crippen LogP contribution in [0.15, 0.2) is 24.3 Å². The number of rotatable bonds is 2. The van der Waals surface area contributed by atoms with E-state index in [-0.39, 0.29) is 0 Å². The molecule has 2 aromatic rings. The number of nitrogens with zero attached hydrogens (tertiary/aromatic N) is 1. The molecule has 0 amide bonds. The second-order valence-electron chi connectivity index (χ2n) is 4.66. The van der Waals surface area contributed by atoms with Gasteiger partial charge in [0, 0.05) is 11.3 Å². The van der Waals surface area contributed by atoms with Crippen LogP contribution in [0.4, 0.5) is 0 Å². The van der Waals surface area contributed by atoms with E-state index < -0.39 is 0 Å². The maximum atomic E-state index is 4.35. The molecule has 0 unspecified atom stereocenters. The Morgan fingerprint density at radius 1 is 1.06 bits per heavy atom. The Kier molecular flexibility index (Phi) is 2.82. The minimum absolute atomic E-state index is 0.493. The Hall–Kier alpha value is -1.57. The number of aromatic nitrogens is 2. The molecule has 0 spiro atoms. The van der Waals surface area contributed by atoms with Gasteiger partial charge in [0.2, 0.25) is 0 Å². The predicted octanol–water partition coefficient (Wildman–Crippen LogP) is 3.82. The first-order chi connectivity index (χ1) is 7.58. The third-order valence-corrected chi connectivity index (χ3v) is 3.02. The third kappa shape index (κ3) is 2.01. The third-order valence-electron chi connectivity index (χ3n) is 3.02. The molecule has 2 heteroatoms. The van der Waals surface area contributed by atoms with E-state index >= 15 is 0 Å². The summed E-state index contributed by atoms with van der Waals surface area (Å²) >= 11 is 0. The van der Waals surface area contributed by atoms with Crippen LogP contribution in [-0.2, 0) is 0 Å². The van der Waals surface area contributed by atoms with Gasteiger partial charge in [-0.15, -0.1) is 0 Å². The summed E-state index contributed by atoms with van der Waals surface area (Å²) in [5.41, 5.74) is 6.04. The molecule has 0 saturated carbocycles. The Labute approximate surface area is 96.7 Å². The van der Waals surface area contributed by atoms with Crippen molar-refractivity contribution in [2.45, 2.75) is 33.6 Å². The van der Waals surface area contributed by atoms with Gasteiger partial charge in [-0.05, 0) is 43.0 Å². The minimum atomic E-state index is 0.493. The maximum absolute atomic E-state index is 4.35. The summed E-state index contributed by atoms with van der Waals surface area (Å²) in [5.74, 6) is 0.493. The largest absolute Gasteiger partial charge is 0.282 e. The molecule has 0 fully saturated rings. The summed E-state index contributed by atoms with van der Waals surface area (Å²) in [6.07, 6.45) is 0. The molecule has 1 aromatic carbocycles. The van der Waals surface area contributed by atoms with Crippen LogP contribution < -0.4 is 0 Å². The smallest absolute Gasteiger partial charge is 0.0923 e. The van der Waals surface area contributed by atoms with Crippen LogP contribution in [0.25, 0.3) is 11.3 Å². The maximum Gasteiger partial charge on any atom is 0.0923 e. The van der Waals surface area contributed by atoms with E-state index in [0.717, 1.165) is 5.69 Å². The highest BCUT2D eigenvalue weighted by Gasteiger charge is 2.07. The molecule has 2 rings (SSSR count). The average Bonchev–Trinajstić information content (AvgIpc) is 2.71. The Bertz CT molecular complexity index is 495. The van der Waals surface area contributed by atoms with Crippen molar-refractivity contribution >= 4 is 0 Å². The number of hydrogen-bond donors (Lipinski definition) is 1. The van der Waals surface area contributed by atoms with Crippen molar-refractivity contribution in [3.05, 3.63) is 41.1 Å². The fourth-order valence-electron chi connectivity index (χ4n) is 1.68. The van der Waals surface area contributed by atoms with Crippen molar-refractivity contribution in [3.8, 4) is 11.3 Å². The highest BCUT2D eigenvalue weighted by atomic mass is 15.1. The second-order valence-corrected chi connectivity index (χ2v) is 4.66. The van der Waals surface area contributed by atoms with Crippen molar-refractivity contribution in [2.75, 3.05) is 0 Å². The van der Waals surface area contributed by atoms with Crippen molar-refractivity contribution in [1.82, 2.24) is 10.2 Å². The minimum Gasteiger partial charge on any atom is -0.282 e. The Morgan fingerprint density at radius 3 is 2.38 bits per heavy atom. The lowest BCUT2D eigenvalue weighted by atomic mass is 10.0. The fourth-order valence-corrected chi connectivity index (χ4v) is 1.68. The molecule has 0 aliphatic carbocycles. The molecule has 0 bridgehead atoms. The van der Waals surface area contributed by atoms with Gasteiger partial charge in [-0.2, -0.15) is 5.10 Å². The first kappa shape index (κ1) is 10.9. The number of benzene rings is 1. The van der Waals surface area contributed by atoms with Gasteiger partial charge in [-0.3, -0.25) is 5.10 Å². The fraction of sp³-hybridized carbons (Fsp3) is 0.357. The van der Waals surface area contributed by atoms with E-state index in [4.69, 9.17) is 0 Å². The van der Waals surface area contributed by atoms with E-state index in [1.54, 1.807) is 0 Å². The molecule has 84 valence electrons. The van der Waals surface area contributed by atoms with Gasteiger partial charge in [0.25, 0.3) is 0 Å². The van der Waals surface area contributed by atoms with Gasteiger partial charge in [0.05, 0.1) is 5.69 Å². The highest BCUT2D eigenvalue weighted by Crippen LogP contribution is 2.23. The molecule has 0 aliphatic rings. The standard InChI is InChI=1S/C14H18N2/c1-9(2)13-8-14(16-15-13)12-6-5-10(3)11(4)7-12/h5-9H,1-4H3,(H,15,16). The molecule has 2 nitrogen and oxygen atoms in total. The molecule has 0 atom stereocenters. The zero-order valence-corrected chi connectivity index (χ0v) is 10.3. The van der Waals surface area contributed by atoms with Crippen LogP contribution >= 0.6 is 0 Å². The number of H-pyrrole nitrogens is 1. The normalized spacial score (nSPS) is 11.1. The topological polar surface area (TPSA) is 28.7 Å². The molecule has 1 aromatic heterocycles. The molecule has 0 aliphatic heterocycles. The van der Waals surface area contributed by atoms with E-state index in [1.165, 1.54) is 22.4 Å². The van der Waals surface area contributed by atoms with Crippen LogP contribution in [0.1, 0.15) is 36.6 Å². The van der Waals surface area contributed by atoms with Gasteiger partial charge < -0.3 is 0 Å². The van der Waals surface area contributed by atoms with Gasteiger partial charge in [0.15, 0.2) is 0 Å². The van der Waals surface area contributed by atoms with Crippen LogP contribution in [0.2, 0.25) is 0 Å². The summed E-state index contributed by atoms with van der Waals surface area (Å²) in [5, 5.41) is 7.44. The zero-order valence-electron chi connectivity index (χ0n) is 10.3. The molecule has 0 radical (unpaired) electrons. The summed E-state index contributed by atoms with van der Waals surface area (Å²) < 4.78 is 0. The van der Waals surface area contributed by atoms with Gasteiger partial charge in [0.1, 0.15) is 0 Å². The number of nitrogens with one attached hydrogen (secondary N) is 1. The van der Waals surface area contributed by atoms with Crippen molar-refractivity contribution in [2.24, 2.45) is 0 Å². The molecule has 1 heterocycles.